The molecule has 0 aliphatic carbocycles. The van der Waals surface area contributed by atoms with E-state index >= 15 is 0 Å². The fourth-order valence-electron chi connectivity index (χ4n) is 3.27. The highest BCUT2D eigenvalue weighted by Crippen LogP contribution is 2.35. The van der Waals surface area contributed by atoms with Crippen LogP contribution in [0, 0.1) is 5.82 Å². The Labute approximate surface area is 140 Å². The predicted molar refractivity (Wildman–Crippen MR) is 88.1 cm³/mol. The van der Waals surface area contributed by atoms with Crippen molar-refractivity contribution in [3.8, 4) is 17.2 Å². The Kier molecular flexibility index (Phi) is 4.26. The number of halogens is 1. The zero-order valence-electron chi connectivity index (χ0n) is 13.4. The van der Waals surface area contributed by atoms with Gasteiger partial charge in [0.2, 0.25) is 0 Å². The van der Waals surface area contributed by atoms with Crippen molar-refractivity contribution < 1.29 is 18.6 Å². The minimum absolute atomic E-state index is 0.0542. The third-order valence-electron chi connectivity index (χ3n) is 4.43. The van der Waals surface area contributed by atoms with Gasteiger partial charge in [0.1, 0.15) is 24.8 Å². The summed E-state index contributed by atoms with van der Waals surface area (Å²) >= 11 is 0. The van der Waals surface area contributed by atoms with Gasteiger partial charge in [-0.1, -0.05) is 12.1 Å². The standard InChI is InChI=1S/C19H20FNO3/c20-14-6-7-17-15(11-14)16(4-2-8-22-17)21-12-13-3-1-5-18-19(13)24-10-9-23-18/h1,3,5-7,11,16,21H,2,4,8-10,12H2. The second-order valence-electron chi connectivity index (χ2n) is 6.05. The van der Waals surface area contributed by atoms with Crippen LogP contribution in [0.15, 0.2) is 36.4 Å². The van der Waals surface area contributed by atoms with Crippen molar-refractivity contribution in [3.63, 3.8) is 0 Å². The number of hydrogen-bond acceptors (Lipinski definition) is 4. The van der Waals surface area contributed by atoms with Gasteiger partial charge in [-0.3, -0.25) is 0 Å². The third-order valence-corrected chi connectivity index (χ3v) is 4.43. The molecule has 0 saturated heterocycles. The Morgan fingerprint density at radius 2 is 1.88 bits per heavy atom. The first-order valence-corrected chi connectivity index (χ1v) is 8.34. The van der Waals surface area contributed by atoms with E-state index in [1.165, 1.54) is 6.07 Å². The number of ether oxygens (including phenoxy) is 3. The molecular formula is C19H20FNO3. The van der Waals surface area contributed by atoms with E-state index < -0.39 is 0 Å². The van der Waals surface area contributed by atoms with Crippen LogP contribution in [-0.2, 0) is 6.54 Å². The van der Waals surface area contributed by atoms with Crippen LogP contribution >= 0.6 is 0 Å². The van der Waals surface area contributed by atoms with E-state index in [0.717, 1.165) is 41.2 Å². The maximum atomic E-state index is 13.7. The summed E-state index contributed by atoms with van der Waals surface area (Å²) in [6.45, 7) is 2.44. The van der Waals surface area contributed by atoms with E-state index in [1.54, 1.807) is 12.1 Å². The van der Waals surface area contributed by atoms with Crippen molar-refractivity contribution in [3.05, 3.63) is 53.3 Å². The highest BCUT2D eigenvalue weighted by molar-refractivity contribution is 5.47. The number of nitrogens with one attached hydrogen (secondary N) is 1. The Morgan fingerprint density at radius 1 is 1.00 bits per heavy atom. The lowest BCUT2D eigenvalue weighted by molar-refractivity contribution is 0.169. The molecule has 2 aromatic carbocycles. The number of hydrogen-bond donors (Lipinski definition) is 1. The molecule has 4 nitrogen and oxygen atoms in total. The van der Waals surface area contributed by atoms with Crippen molar-refractivity contribution in [1.82, 2.24) is 5.32 Å². The predicted octanol–water partition coefficient (Wildman–Crippen LogP) is 3.60. The van der Waals surface area contributed by atoms with Gasteiger partial charge in [-0.05, 0) is 37.1 Å². The molecule has 1 unspecified atom stereocenters. The second-order valence-corrected chi connectivity index (χ2v) is 6.05. The van der Waals surface area contributed by atoms with Gasteiger partial charge in [0.15, 0.2) is 11.5 Å². The van der Waals surface area contributed by atoms with Gasteiger partial charge in [0.05, 0.1) is 6.61 Å². The summed E-state index contributed by atoms with van der Waals surface area (Å²) in [7, 11) is 0. The van der Waals surface area contributed by atoms with E-state index in [-0.39, 0.29) is 11.9 Å². The summed E-state index contributed by atoms with van der Waals surface area (Å²) < 4.78 is 30.8. The van der Waals surface area contributed by atoms with Crippen LogP contribution in [0.3, 0.4) is 0 Å². The topological polar surface area (TPSA) is 39.7 Å². The Balaban J connectivity index is 1.55. The second kappa shape index (κ2) is 6.69. The van der Waals surface area contributed by atoms with Gasteiger partial charge >= 0.3 is 0 Å². The molecule has 1 N–H and O–H groups in total. The molecule has 24 heavy (non-hydrogen) atoms. The SMILES string of the molecule is Fc1ccc2c(c1)C(NCc1cccc3c1OCCO3)CCCO2. The van der Waals surface area contributed by atoms with Gasteiger partial charge in [-0.2, -0.15) is 0 Å². The zero-order chi connectivity index (χ0) is 16.4. The fourth-order valence-corrected chi connectivity index (χ4v) is 3.27. The molecule has 0 saturated carbocycles. The van der Waals surface area contributed by atoms with E-state index in [4.69, 9.17) is 14.2 Å². The van der Waals surface area contributed by atoms with Crippen molar-refractivity contribution in [2.45, 2.75) is 25.4 Å². The Morgan fingerprint density at radius 3 is 2.83 bits per heavy atom. The quantitative estimate of drug-likeness (QED) is 0.934. The summed E-state index contributed by atoms with van der Waals surface area (Å²) in [6.07, 6.45) is 1.84. The molecule has 0 amide bonds. The van der Waals surface area contributed by atoms with Crippen molar-refractivity contribution >= 4 is 0 Å². The first-order chi connectivity index (χ1) is 11.8. The number of para-hydroxylation sites is 1. The van der Waals surface area contributed by atoms with Crippen LogP contribution in [0.4, 0.5) is 4.39 Å². The van der Waals surface area contributed by atoms with Gasteiger partial charge in [0, 0.05) is 23.7 Å². The first-order valence-electron chi connectivity index (χ1n) is 8.34. The minimum atomic E-state index is -0.236. The van der Waals surface area contributed by atoms with Gasteiger partial charge in [-0.25, -0.2) is 4.39 Å². The summed E-state index contributed by atoms with van der Waals surface area (Å²) in [6, 6.07) is 10.7. The molecular weight excluding hydrogens is 309 g/mol. The molecule has 2 aliphatic rings. The van der Waals surface area contributed by atoms with E-state index in [9.17, 15) is 4.39 Å². The molecule has 2 aliphatic heterocycles. The number of fused-ring (bicyclic) bond motifs is 2. The lowest BCUT2D eigenvalue weighted by Crippen LogP contribution is -2.22. The van der Waals surface area contributed by atoms with Crippen molar-refractivity contribution in [2.24, 2.45) is 0 Å². The number of benzene rings is 2. The molecule has 126 valence electrons. The van der Waals surface area contributed by atoms with Crippen LogP contribution < -0.4 is 19.5 Å². The third kappa shape index (κ3) is 3.04. The van der Waals surface area contributed by atoms with E-state index in [0.29, 0.717) is 26.4 Å². The van der Waals surface area contributed by atoms with Crippen LogP contribution in [0.1, 0.15) is 30.0 Å². The summed E-state index contributed by atoms with van der Waals surface area (Å²) in [5.41, 5.74) is 1.93. The molecule has 0 aromatic heterocycles. The molecule has 0 fully saturated rings. The molecule has 0 spiro atoms. The summed E-state index contributed by atoms with van der Waals surface area (Å²) in [4.78, 5) is 0. The first kappa shape index (κ1) is 15.3. The summed E-state index contributed by atoms with van der Waals surface area (Å²) in [5.74, 6) is 2.12. The minimum Gasteiger partial charge on any atom is -0.493 e. The normalized spacial score (nSPS) is 19.1. The van der Waals surface area contributed by atoms with E-state index in [1.807, 2.05) is 18.2 Å². The van der Waals surface area contributed by atoms with Crippen LogP contribution in [0.2, 0.25) is 0 Å². The van der Waals surface area contributed by atoms with Gasteiger partial charge < -0.3 is 19.5 Å². The highest BCUT2D eigenvalue weighted by Gasteiger charge is 2.21. The highest BCUT2D eigenvalue weighted by atomic mass is 19.1. The van der Waals surface area contributed by atoms with Crippen LogP contribution in [0.5, 0.6) is 17.2 Å². The molecule has 1 atom stereocenters. The van der Waals surface area contributed by atoms with Crippen molar-refractivity contribution in [1.29, 1.82) is 0 Å². The average molecular weight is 329 g/mol. The molecule has 2 aromatic rings. The Bertz CT molecular complexity index is 735. The smallest absolute Gasteiger partial charge is 0.165 e. The average Bonchev–Trinajstić information content (AvgIpc) is 2.82. The fraction of sp³-hybridized carbons (Fsp3) is 0.368. The molecule has 0 radical (unpaired) electrons. The largest absolute Gasteiger partial charge is 0.493 e. The zero-order valence-corrected chi connectivity index (χ0v) is 13.4. The molecule has 4 rings (SSSR count). The maximum absolute atomic E-state index is 13.7. The molecule has 2 heterocycles. The maximum Gasteiger partial charge on any atom is 0.165 e. The summed E-state index contributed by atoms with van der Waals surface area (Å²) in [5, 5.41) is 3.53. The molecule has 5 heteroatoms. The van der Waals surface area contributed by atoms with Crippen molar-refractivity contribution in [2.75, 3.05) is 19.8 Å². The monoisotopic (exact) mass is 329 g/mol. The number of rotatable bonds is 3. The molecule has 0 bridgehead atoms. The van der Waals surface area contributed by atoms with Gasteiger partial charge in [0.25, 0.3) is 0 Å². The van der Waals surface area contributed by atoms with E-state index in [2.05, 4.69) is 5.32 Å². The lowest BCUT2D eigenvalue weighted by Gasteiger charge is -2.23. The lowest BCUT2D eigenvalue weighted by atomic mass is 10.0. The van der Waals surface area contributed by atoms with Crippen LogP contribution in [-0.4, -0.2) is 19.8 Å². The Hall–Kier alpha value is -2.27. The van der Waals surface area contributed by atoms with Gasteiger partial charge in [-0.15, -0.1) is 0 Å². The van der Waals surface area contributed by atoms with Crippen LogP contribution in [0.25, 0.3) is 0 Å².